The third-order valence-corrected chi connectivity index (χ3v) is 4.35. The van der Waals surface area contributed by atoms with Gasteiger partial charge in [0.1, 0.15) is 6.10 Å². The molecule has 0 aromatic heterocycles. The monoisotopic (exact) mass is 253 g/mol. The summed E-state index contributed by atoms with van der Waals surface area (Å²) in [6.45, 7) is 6.96. The lowest BCUT2D eigenvalue weighted by molar-refractivity contribution is -0.140. The molecule has 0 radical (unpaired) electrons. The molecule has 3 fully saturated rings. The van der Waals surface area contributed by atoms with Crippen LogP contribution in [0.2, 0.25) is 0 Å². The Morgan fingerprint density at radius 1 is 1.17 bits per heavy atom. The van der Waals surface area contributed by atoms with Crippen LogP contribution in [0.3, 0.4) is 0 Å². The Balaban J connectivity index is 1.52. The van der Waals surface area contributed by atoms with Gasteiger partial charge in [-0.3, -0.25) is 9.69 Å². The number of amides is 1. The van der Waals surface area contributed by atoms with Crippen molar-refractivity contribution in [3.8, 4) is 0 Å². The lowest BCUT2D eigenvalue weighted by Crippen LogP contribution is -2.49. The van der Waals surface area contributed by atoms with Crippen LogP contribution in [-0.4, -0.2) is 73.7 Å². The lowest BCUT2D eigenvalue weighted by Gasteiger charge is -2.32. The fourth-order valence-electron chi connectivity index (χ4n) is 3.26. The predicted molar refractivity (Wildman–Crippen MR) is 68.4 cm³/mol. The van der Waals surface area contributed by atoms with E-state index in [-0.39, 0.29) is 12.0 Å². The summed E-state index contributed by atoms with van der Waals surface area (Å²) in [4.78, 5) is 16.8. The van der Waals surface area contributed by atoms with Crippen molar-refractivity contribution in [1.82, 2.24) is 15.1 Å². The van der Waals surface area contributed by atoms with Crippen LogP contribution in [0.1, 0.15) is 19.3 Å². The van der Waals surface area contributed by atoms with Gasteiger partial charge in [-0.15, -0.1) is 0 Å². The number of carbonyl (C=O) groups is 1. The second kappa shape index (κ2) is 5.55. The molecule has 18 heavy (non-hydrogen) atoms. The quantitative estimate of drug-likeness (QED) is 0.732. The van der Waals surface area contributed by atoms with Gasteiger partial charge in [0, 0.05) is 51.9 Å². The minimum absolute atomic E-state index is 0.147. The number of nitrogens with zero attached hydrogens (tertiary/aromatic N) is 2. The van der Waals surface area contributed by atoms with Gasteiger partial charge in [-0.2, -0.15) is 0 Å². The minimum Gasteiger partial charge on any atom is -0.368 e. The van der Waals surface area contributed by atoms with Crippen molar-refractivity contribution in [1.29, 1.82) is 0 Å². The molecule has 0 aliphatic carbocycles. The Kier molecular flexibility index (Phi) is 3.82. The summed E-state index contributed by atoms with van der Waals surface area (Å²) in [6.07, 6.45) is 2.92. The van der Waals surface area contributed by atoms with E-state index >= 15 is 0 Å². The molecule has 5 heteroatoms. The van der Waals surface area contributed by atoms with Crippen LogP contribution in [0.25, 0.3) is 0 Å². The summed E-state index contributed by atoms with van der Waals surface area (Å²) in [5, 5.41) is 3.37. The van der Waals surface area contributed by atoms with Crippen molar-refractivity contribution < 1.29 is 9.53 Å². The number of hydrogen-bond acceptors (Lipinski definition) is 4. The Morgan fingerprint density at radius 2 is 2.00 bits per heavy atom. The fraction of sp³-hybridized carbons (Fsp3) is 0.923. The van der Waals surface area contributed by atoms with Crippen LogP contribution in [0, 0.1) is 0 Å². The molecule has 0 spiro atoms. The molecule has 3 aliphatic heterocycles. The molecule has 0 bridgehead atoms. The van der Waals surface area contributed by atoms with Crippen LogP contribution in [0.4, 0.5) is 0 Å². The highest BCUT2D eigenvalue weighted by Gasteiger charge is 2.35. The Labute approximate surface area is 108 Å². The molecule has 0 aromatic carbocycles. The normalized spacial score (nSPS) is 34.1. The molecule has 0 aromatic rings. The molecule has 3 heterocycles. The van der Waals surface area contributed by atoms with Gasteiger partial charge >= 0.3 is 0 Å². The number of rotatable bonds is 2. The summed E-state index contributed by atoms with van der Waals surface area (Å²) < 4.78 is 5.49. The van der Waals surface area contributed by atoms with Crippen molar-refractivity contribution in [3.05, 3.63) is 0 Å². The van der Waals surface area contributed by atoms with Crippen LogP contribution in [0.15, 0.2) is 0 Å². The van der Waals surface area contributed by atoms with Gasteiger partial charge in [0.25, 0.3) is 5.91 Å². The maximum absolute atomic E-state index is 12.2. The average Bonchev–Trinajstić information content (AvgIpc) is 3.10. The fourth-order valence-corrected chi connectivity index (χ4v) is 3.26. The van der Waals surface area contributed by atoms with E-state index in [9.17, 15) is 4.79 Å². The van der Waals surface area contributed by atoms with E-state index < -0.39 is 0 Å². The van der Waals surface area contributed by atoms with Gasteiger partial charge in [-0.25, -0.2) is 0 Å². The van der Waals surface area contributed by atoms with Crippen molar-refractivity contribution in [2.75, 3.05) is 45.9 Å². The molecule has 1 unspecified atom stereocenters. The summed E-state index contributed by atoms with van der Waals surface area (Å²) >= 11 is 0. The van der Waals surface area contributed by atoms with Gasteiger partial charge in [0.05, 0.1) is 0 Å². The van der Waals surface area contributed by atoms with Gasteiger partial charge in [0.2, 0.25) is 0 Å². The highest BCUT2D eigenvalue weighted by molar-refractivity contribution is 5.81. The molecule has 1 N–H and O–H groups in total. The van der Waals surface area contributed by atoms with Gasteiger partial charge < -0.3 is 15.0 Å². The molecule has 0 saturated carbocycles. The van der Waals surface area contributed by atoms with E-state index in [4.69, 9.17) is 4.74 Å². The standard InChI is InChI=1S/C13H23N3O2/c17-13(12-2-1-9-18-12)16-6-3-11(10-16)15-7-4-14-5-8-15/h11-12,14H,1-10H2/t11?,12-/m0/s1. The number of carbonyl (C=O) groups excluding carboxylic acids is 1. The van der Waals surface area contributed by atoms with Crippen LogP contribution in [0.5, 0.6) is 0 Å². The van der Waals surface area contributed by atoms with Gasteiger partial charge in [0.15, 0.2) is 0 Å². The zero-order valence-electron chi connectivity index (χ0n) is 10.9. The topological polar surface area (TPSA) is 44.8 Å². The summed E-state index contributed by atoms with van der Waals surface area (Å²) in [6, 6.07) is 0.567. The first-order valence-electron chi connectivity index (χ1n) is 7.20. The Hall–Kier alpha value is -0.650. The molecule has 3 aliphatic rings. The lowest BCUT2D eigenvalue weighted by atomic mass is 10.2. The van der Waals surface area contributed by atoms with Gasteiger partial charge in [-0.05, 0) is 19.3 Å². The second-order valence-corrected chi connectivity index (χ2v) is 5.51. The van der Waals surface area contributed by atoms with Gasteiger partial charge in [-0.1, -0.05) is 0 Å². The van der Waals surface area contributed by atoms with E-state index in [2.05, 4.69) is 10.2 Å². The number of likely N-dealkylation sites (tertiary alicyclic amines) is 1. The summed E-state index contributed by atoms with van der Waals surface area (Å²) in [5.74, 6) is 0.227. The van der Waals surface area contributed by atoms with Crippen molar-refractivity contribution in [2.24, 2.45) is 0 Å². The maximum Gasteiger partial charge on any atom is 0.251 e. The van der Waals surface area contributed by atoms with Crippen LogP contribution >= 0.6 is 0 Å². The number of hydrogen-bond donors (Lipinski definition) is 1. The maximum atomic E-state index is 12.2. The predicted octanol–water partition coefficient (Wildman–Crippen LogP) is -0.328. The average molecular weight is 253 g/mol. The SMILES string of the molecule is O=C([C@@H]1CCCO1)N1CCC(N2CCNCC2)C1. The number of piperazine rings is 1. The van der Waals surface area contributed by atoms with E-state index in [0.717, 1.165) is 65.1 Å². The highest BCUT2D eigenvalue weighted by atomic mass is 16.5. The van der Waals surface area contributed by atoms with E-state index in [1.807, 2.05) is 4.90 Å². The molecular formula is C13H23N3O2. The molecule has 5 nitrogen and oxygen atoms in total. The van der Waals surface area contributed by atoms with E-state index in [1.165, 1.54) is 0 Å². The number of ether oxygens (including phenoxy) is 1. The smallest absolute Gasteiger partial charge is 0.251 e. The first-order chi connectivity index (χ1) is 8.84. The second-order valence-electron chi connectivity index (χ2n) is 5.51. The third-order valence-electron chi connectivity index (χ3n) is 4.35. The molecule has 102 valence electrons. The van der Waals surface area contributed by atoms with E-state index in [1.54, 1.807) is 0 Å². The largest absolute Gasteiger partial charge is 0.368 e. The molecule has 1 amide bonds. The number of nitrogens with one attached hydrogen (secondary N) is 1. The molecule has 3 rings (SSSR count). The first kappa shape index (κ1) is 12.4. The third kappa shape index (κ3) is 2.53. The zero-order valence-corrected chi connectivity index (χ0v) is 10.9. The van der Waals surface area contributed by atoms with Crippen molar-refractivity contribution in [2.45, 2.75) is 31.4 Å². The van der Waals surface area contributed by atoms with Crippen molar-refractivity contribution >= 4 is 5.91 Å². The Morgan fingerprint density at radius 3 is 2.72 bits per heavy atom. The van der Waals surface area contributed by atoms with Crippen LogP contribution in [-0.2, 0) is 9.53 Å². The highest BCUT2D eigenvalue weighted by Crippen LogP contribution is 2.21. The Bertz CT molecular complexity index is 299. The van der Waals surface area contributed by atoms with Crippen molar-refractivity contribution in [3.63, 3.8) is 0 Å². The molecule has 2 atom stereocenters. The summed E-state index contributed by atoms with van der Waals surface area (Å²) in [5.41, 5.74) is 0. The zero-order chi connectivity index (χ0) is 12.4. The van der Waals surface area contributed by atoms with Crippen LogP contribution < -0.4 is 5.32 Å². The minimum atomic E-state index is -0.147. The summed E-state index contributed by atoms with van der Waals surface area (Å²) in [7, 11) is 0. The molecular weight excluding hydrogens is 230 g/mol. The first-order valence-corrected chi connectivity index (χ1v) is 7.20. The molecule has 3 saturated heterocycles. The van der Waals surface area contributed by atoms with E-state index in [0.29, 0.717) is 6.04 Å².